The largest absolute Gasteiger partial charge is 0.450 e. The van der Waals surface area contributed by atoms with Gasteiger partial charge in [0.1, 0.15) is 0 Å². The summed E-state index contributed by atoms with van der Waals surface area (Å²) >= 11 is 6.14. The molecule has 0 spiro atoms. The number of carbonyl (C=O) groups excluding carboxylic acids is 1. The molecule has 0 unspecified atom stereocenters. The summed E-state index contributed by atoms with van der Waals surface area (Å²) in [5, 5.41) is 7.13. The first-order chi connectivity index (χ1) is 15.3. The zero-order chi connectivity index (χ0) is 22.9. The lowest BCUT2D eigenvalue weighted by Gasteiger charge is -2.10. The standard InChI is InChI=1S/C21H15ClF3N5O2/c1-2-32-20(31)28-16-10-12(5-6-14(16)22)17-11-30-18(27-17)8-7-15(29-30)13-4-3-9-26-19(13)21(23,24)25/h3-11H,2H2,1H3,(H,28,31). The maximum Gasteiger partial charge on any atom is 0.434 e. The highest BCUT2D eigenvalue weighted by molar-refractivity contribution is 6.33. The van der Waals surface area contributed by atoms with Crippen molar-refractivity contribution in [1.29, 1.82) is 0 Å². The average molecular weight is 462 g/mol. The van der Waals surface area contributed by atoms with E-state index in [1.54, 1.807) is 37.4 Å². The van der Waals surface area contributed by atoms with E-state index in [9.17, 15) is 18.0 Å². The van der Waals surface area contributed by atoms with Gasteiger partial charge in [-0.25, -0.2) is 14.3 Å². The van der Waals surface area contributed by atoms with Crippen LogP contribution in [0.4, 0.5) is 23.7 Å². The van der Waals surface area contributed by atoms with Crippen LogP contribution in [0.2, 0.25) is 5.02 Å². The highest BCUT2D eigenvalue weighted by Gasteiger charge is 2.35. The second kappa shape index (κ2) is 8.46. The minimum absolute atomic E-state index is 0.0997. The van der Waals surface area contributed by atoms with Gasteiger partial charge in [-0.05, 0) is 43.3 Å². The number of amides is 1. The van der Waals surface area contributed by atoms with Gasteiger partial charge in [0.15, 0.2) is 11.3 Å². The Balaban J connectivity index is 1.72. The number of carbonyl (C=O) groups is 1. The maximum atomic E-state index is 13.3. The molecule has 0 aliphatic carbocycles. The molecule has 0 aliphatic rings. The molecule has 11 heteroatoms. The normalized spacial score (nSPS) is 11.5. The molecule has 0 radical (unpaired) electrons. The first-order valence-electron chi connectivity index (χ1n) is 9.39. The Bertz CT molecular complexity index is 1310. The molecule has 0 saturated carbocycles. The number of fused-ring (bicyclic) bond motifs is 1. The zero-order valence-electron chi connectivity index (χ0n) is 16.5. The Morgan fingerprint density at radius 3 is 2.75 bits per heavy atom. The van der Waals surface area contributed by atoms with Crippen LogP contribution in [-0.4, -0.2) is 32.3 Å². The predicted molar refractivity (Wildman–Crippen MR) is 112 cm³/mol. The quantitative estimate of drug-likeness (QED) is 0.421. The molecule has 0 bridgehead atoms. The van der Waals surface area contributed by atoms with Crippen molar-refractivity contribution in [1.82, 2.24) is 19.6 Å². The van der Waals surface area contributed by atoms with Gasteiger partial charge in [-0.15, -0.1) is 0 Å². The summed E-state index contributed by atoms with van der Waals surface area (Å²) in [5.74, 6) is 0. The number of alkyl halides is 3. The molecule has 4 aromatic rings. The number of benzene rings is 1. The van der Waals surface area contributed by atoms with E-state index in [4.69, 9.17) is 16.3 Å². The predicted octanol–water partition coefficient (Wildman–Crippen LogP) is 5.70. The van der Waals surface area contributed by atoms with Gasteiger partial charge >= 0.3 is 12.3 Å². The van der Waals surface area contributed by atoms with Crippen LogP contribution in [0.3, 0.4) is 0 Å². The van der Waals surface area contributed by atoms with E-state index < -0.39 is 18.0 Å². The number of nitrogens with zero attached hydrogens (tertiary/aromatic N) is 4. The molecule has 1 N–H and O–H groups in total. The summed E-state index contributed by atoms with van der Waals surface area (Å²) in [6.07, 6.45) is -2.61. The highest BCUT2D eigenvalue weighted by atomic mass is 35.5. The van der Waals surface area contributed by atoms with Gasteiger partial charge < -0.3 is 4.74 Å². The number of rotatable bonds is 4. The second-order valence-corrected chi connectivity index (χ2v) is 6.99. The molecule has 3 aromatic heterocycles. The van der Waals surface area contributed by atoms with E-state index >= 15 is 0 Å². The van der Waals surface area contributed by atoms with Gasteiger partial charge in [-0.1, -0.05) is 17.7 Å². The first-order valence-corrected chi connectivity index (χ1v) is 9.77. The Morgan fingerprint density at radius 1 is 1.19 bits per heavy atom. The Kier molecular flexibility index (Phi) is 5.70. The molecule has 0 fully saturated rings. The summed E-state index contributed by atoms with van der Waals surface area (Å²) < 4.78 is 46.2. The van der Waals surface area contributed by atoms with E-state index in [-0.39, 0.29) is 17.9 Å². The smallest absolute Gasteiger partial charge is 0.434 e. The van der Waals surface area contributed by atoms with E-state index in [0.717, 1.165) is 6.20 Å². The third kappa shape index (κ3) is 4.35. The second-order valence-electron chi connectivity index (χ2n) is 6.58. The van der Waals surface area contributed by atoms with Gasteiger partial charge in [-0.2, -0.15) is 18.3 Å². The molecular weight excluding hydrogens is 447 g/mol. The maximum absolute atomic E-state index is 13.3. The van der Waals surface area contributed by atoms with Crippen LogP contribution in [0.15, 0.2) is 54.9 Å². The molecule has 0 saturated heterocycles. The van der Waals surface area contributed by atoms with E-state index in [1.807, 2.05) is 0 Å². The van der Waals surface area contributed by atoms with E-state index in [1.165, 1.54) is 22.7 Å². The first kappa shape index (κ1) is 21.6. The number of pyridine rings is 1. The van der Waals surface area contributed by atoms with Crippen molar-refractivity contribution in [2.45, 2.75) is 13.1 Å². The van der Waals surface area contributed by atoms with Crippen molar-refractivity contribution < 1.29 is 22.7 Å². The van der Waals surface area contributed by atoms with Crippen molar-refractivity contribution in [2.75, 3.05) is 11.9 Å². The monoisotopic (exact) mass is 461 g/mol. The summed E-state index contributed by atoms with van der Waals surface area (Å²) in [4.78, 5) is 19.6. The molecule has 164 valence electrons. The molecule has 1 amide bonds. The molecule has 7 nitrogen and oxygen atoms in total. The van der Waals surface area contributed by atoms with Crippen LogP contribution >= 0.6 is 11.6 Å². The van der Waals surface area contributed by atoms with Gasteiger partial charge in [0.05, 0.1) is 34.9 Å². The van der Waals surface area contributed by atoms with Crippen molar-refractivity contribution in [3.05, 3.63) is 65.6 Å². The minimum atomic E-state index is -4.61. The Morgan fingerprint density at radius 2 is 2.00 bits per heavy atom. The van der Waals surface area contributed by atoms with Crippen LogP contribution < -0.4 is 5.32 Å². The van der Waals surface area contributed by atoms with E-state index in [2.05, 4.69) is 20.4 Å². The van der Waals surface area contributed by atoms with Crippen LogP contribution in [0.5, 0.6) is 0 Å². The number of imidazole rings is 1. The number of hydrogen-bond donors (Lipinski definition) is 1. The molecular formula is C21H15ClF3N5O2. The number of anilines is 1. The molecule has 1 aromatic carbocycles. The fourth-order valence-electron chi connectivity index (χ4n) is 3.06. The summed E-state index contributed by atoms with van der Waals surface area (Å²) in [7, 11) is 0. The fraction of sp³-hybridized carbons (Fsp3) is 0.143. The molecule has 4 rings (SSSR count). The summed E-state index contributed by atoms with van der Waals surface area (Å²) in [6, 6.07) is 10.7. The Hall–Kier alpha value is -3.66. The average Bonchev–Trinajstić information content (AvgIpc) is 3.18. The minimum Gasteiger partial charge on any atom is -0.450 e. The molecule has 3 heterocycles. The lowest BCUT2D eigenvalue weighted by atomic mass is 10.1. The van der Waals surface area contributed by atoms with Crippen molar-refractivity contribution in [3.8, 4) is 22.5 Å². The van der Waals surface area contributed by atoms with Crippen molar-refractivity contribution >= 4 is 29.0 Å². The number of hydrogen-bond acceptors (Lipinski definition) is 5. The van der Waals surface area contributed by atoms with Crippen LogP contribution in [-0.2, 0) is 10.9 Å². The van der Waals surface area contributed by atoms with Crippen molar-refractivity contribution in [3.63, 3.8) is 0 Å². The SMILES string of the molecule is CCOC(=O)Nc1cc(-c2cn3nc(-c4cccnc4C(F)(F)F)ccc3n2)ccc1Cl. The summed E-state index contributed by atoms with van der Waals surface area (Å²) in [6.45, 7) is 1.88. The molecule has 0 atom stereocenters. The number of aromatic nitrogens is 4. The number of ether oxygens (including phenoxy) is 1. The zero-order valence-corrected chi connectivity index (χ0v) is 17.3. The topological polar surface area (TPSA) is 81.4 Å². The van der Waals surface area contributed by atoms with Crippen LogP contribution in [0.1, 0.15) is 12.6 Å². The number of nitrogens with one attached hydrogen (secondary N) is 1. The lowest BCUT2D eigenvalue weighted by molar-refractivity contribution is -0.140. The number of halogens is 4. The highest BCUT2D eigenvalue weighted by Crippen LogP contribution is 2.35. The lowest BCUT2D eigenvalue weighted by Crippen LogP contribution is -2.13. The Labute approximate surface area is 184 Å². The van der Waals surface area contributed by atoms with Gasteiger partial charge in [0, 0.05) is 17.3 Å². The fourth-order valence-corrected chi connectivity index (χ4v) is 3.23. The van der Waals surface area contributed by atoms with Crippen LogP contribution in [0, 0.1) is 0 Å². The third-order valence-corrected chi connectivity index (χ3v) is 4.78. The van der Waals surface area contributed by atoms with Gasteiger partial charge in [0.2, 0.25) is 0 Å². The van der Waals surface area contributed by atoms with E-state index in [0.29, 0.717) is 27.6 Å². The molecule has 0 aliphatic heterocycles. The van der Waals surface area contributed by atoms with Gasteiger partial charge in [-0.3, -0.25) is 10.3 Å². The van der Waals surface area contributed by atoms with Crippen LogP contribution in [0.25, 0.3) is 28.2 Å². The summed E-state index contributed by atoms with van der Waals surface area (Å²) in [5.41, 5.74) is 0.812. The van der Waals surface area contributed by atoms with Gasteiger partial charge in [0.25, 0.3) is 0 Å². The molecule has 32 heavy (non-hydrogen) atoms. The third-order valence-electron chi connectivity index (χ3n) is 4.45. The van der Waals surface area contributed by atoms with Crippen molar-refractivity contribution in [2.24, 2.45) is 0 Å².